The Kier molecular flexibility index (Phi) is 10.4. The fraction of sp³-hybridized carbons (Fsp3) is 0.407. The highest BCUT2D eigenvalue weighted by molar-refractivity contribution is 5.91. The predicted molar refractivity (Wildman–Crippen MR) is 139 cm³/mol. The number of hydrazine groups is 1. The maximum Gasteiger partial charge on any atom is 0.303 e. The Morgan fingerprint density at radius 1 is 1.13 bits per heavy atom. The summed E-state index contributed by atoms with van der Waals surface area (Å²) in [5.41, 5.74) is 1.96. The number of nitrogens with zero attached hydrogens (tertiary/aromatic N) is 4. The number of carbonyl (C=O) groups is 4. The molecule has 2 fully saturated rings. The number of carboxylic acid groups (broad SMARTS) is 1. The maximum absolute atomic E-state index is 13.1. The van der Waals surface area contributed by atoms with Gasteiger partial charge >= 0.3 is 5.97 Å². The van der Waals surface area contributed by atoms with Crippen molar-refractivity contribution in [2.24, 2.45) is 0 Å². The summed E-state index contributed by atoms with van der Waals surface area (Å²) < 4.78 is 17.4. The summed E-state index contributed by atoms with van der Waals surface area (Å²) in [4.78, 5) is 51.5. The first-order valence-electron chi connectivity index (χ1n) is 12.5. The molecule has 12 heteroatoms. The van der Waals surface area contributed by atoms with E-state index in [9.17, 15) is 23.6 Å². The van der Waals surface area contributed by atoms with Crippen molar-refractivity contribution in [3.8, 4) is 5.75 Å². The summed E-state index contributed by atoms with van der Waals surface area (Å²) in [5, 5.41) is 14.9. The van der Waals surface area contributed by atoms with Gasteiger partial charge in [0.1, 0.15) is 23.8 Å². The van der Waals surface area contributed by atoms with Crippen LogP contribution in [0.15, 0.2) is 48.5 Å². The second kappa shape index (κ2) is 13.7. The summed E-state index contributed by atoms with van der Waals surface area (Å²) in [6.45, 7) is 1.16. The molecule has 2 heterocycles. The second-order valence-electron chi connectivity index (χ2n) is 9.25. The van der Waals surface area contributed by atoms with Crippen LogP contribution in [0.1, 0.15) is 24.0 Å². The van der Waals surface area contributed by atoms with Gasteiger partial charge in [0.15, 0.2) is 0 Å². The quantitative estimate of drug-likeness (QED) is 0.454. The number of aliphatic carboxylic acids is 1. The van der Waals surface area contributed by atoms with Gasteiger partial charge in [-0.15, -0.1) is 0 Å². The number of fused-ring (bicyclic) bond motifs is 1. The number of nitrogens with one attached hydrogen (secondary N) is 1. The van der Waals surface area contributed by atoms with Crippen LogP contribution >= 0.6 is 0 Å². The summed E-state index contributed by atoms with van der Waals surface area (Å²) in [7, 11) is 5.05. The SMILES string of the molecule is CNCc1ccc(F)cc1.COc1ccc(CN2C[C@H]3N(C(=O)CN(C)N3C=O)C(CCC(=O)O)C2=O)cc1. The van der Waals surface area contributed by atoms with Crippen LogP contribution in [0.3, 0.4) is 0 Å². The molecule has 0 aromatic heterocycles. The Bertz CT molecular complexity index is 1150. The molecule has 2 N–H and O–H groups in total. The predicted octanol–water partition coefficient (Wildman–Crippen LogP) is 1.29. The van der Waals surface area contributed by atoms with Crippen LogP contribution in [0.25, 0.3) is 0 Å². The molecule has 4 rings (SSSR count). The van der Waals surface area contributed by atoms with E-state index in [0.717, 1.165) is 17.7 Å². The molecule has 0 spiro atoms. The van der Waals surface area contributed by atoms with Gasteiger partial charge in [-0.3, -0.25) is 24.2 Å². The van der Waals surface area contributed by atoms with E-state index in [1.807, 2.05) is 19.2 Å². The number of carbonyl (C=O) groups excluding carboxylic acids is 3. The monoisotopic (exact) mass is 543 g/mol. The number of hydrogen-bond acceptors (Lipinski definition) is 7. The fourth-order valence-corrected chi connectivity index (χ4v) is 4.62. The van der Waals surface area contributed by atoms with Crippen LogP contribution in [-0.4, -0.2) is 95.6 Å². The maximum atomic E-state index is 13.1. The van der Waals surface area contributed by atoms with Crippen molar-refractivity contribution in [2.45, 2.75) is 38.1 Å². The molecular weight excluding hydrogens is 509 g/mol. The van der Waals surface area contributed by atoms with E-state index < -0.39 is 18.2 Å². The highest BCUT2D eigenvalue weighted by atomic mass is 19.1. The fourth-order valence-electron chi connectivity index (χ4n) is 4.62. The van der Waals surface area contributed by atoms with Crippen LogP contribution in [0.4, 0.5) is 4.39 Å². The number of halogens is 1. The number of amides is 3. The Morgan fingerprint density at radius 2 is 1.77 bits per heavy atom. The van der Waals surface area contributed by atoms with E-state index in [2.05, 4.69) is 5.32 Å². The molecule has 0 aliphatic carbocycles. The molecule has 2 atom stereocenters. The summed E-state index contributed by atoms with van der Waals surface area (Å²) >= 11 is 0. The van der Waals surface area contributed by atoms with Crippen LogP contribution in [0, 0.1) is 5.82 Å². The lowest BCUT2D eigenvalue weighted by atomic mass is 10.0. The second-order valence-corrected chi connectivity index (χ2v) is 9.25. The first-order chi connectivity index (χ1) is 18.7. The highest BCUT2D eigenvalue weighted by Gasteiger charge is 2.48. The number of methoxy groups -OCH3 is 1. The molecule has 2 aliphatic rings. The number of rotatable bonds is 9. The summed E-state index contributed by atoms with van der Waals surface area (Å²) in [6, 6.07) is 12.8. The first-order valence-corrected chi connectivity index (χ1v) is 12.5. The normalized spacial score (nSPS) is 19.2. The van der Waals surface area contributed by atoms with Crippen LogP contribution in [-0.2, 0) is 32.3 Å². The molecule has 0 saturated carbocycles. The first kappa shape index (κ1) is 29.5. The van der Waals surface area contributed by atoms with E-state index in [-0.39, 0.29) is 50.1 Å². The third kappa shape index (κ3) is 7.52. The minimum atomic E-state index is -1.05. The average Bonchev–Trinajstić information content (AvgIpc) is 2.91. The zero-order chi connectivity index (χ0) is 28.5. The minimum Gasteiger partial charge on any atom is -0.497 e. The van der Waals surface area contributed by atoms with Crippen molar-refractivity contribution >= 4 is 24.2 Å². The van der Waals surface area contributed by atoms with Gasteiger partial charge in [-0.2, -0.15) is 0 Å². The highest BCUT2D eigenvalue weighted by Crippen LogP contribution is 2.28. The van der Waals surface area contributed by atoms with Gasteiger partial charge in [0.05, 0.1) is 20.2 Å². The van der Waals surface area contributed by atoms with Crippen molar-refractivity contribution < 1.29 is 33.4 Å². The van der Waals surface area contributed by atoms with Crippen molar-refractivity contribution in [1.29, 1.82) is 0 Å². The van der Waals surface area contributed by atoms with Gasteiger partial charge in [-0.1, -0.05) is 24.3 Å². The molecule has 2 aliphatic heterocycles. The van der Waals surface area contributed by atoms with Crippen LogP contribution < -0.4 is 10.1 Å². The van der Waals surface area contributed by atoms with Crippen molar-refractivity contribution in [3.05, 3.63) is 65.5 Å². The lowest BCUT2D eigenvalue weighted by molar-refractivity contribution is -0.197. The summed E-state index contributed by atoms with van der Waals surface area (Å²) in [6.07, 6.45) is -0.306. The van der Waals surface area contributed by atoms with E-state index in [0.29, 0.717) is 12.2 Å². The number of likely N-dealkylation sites (N-methyl/N-ethyl adjacent to an activating group) is 1. The Labute approximate surface area is 226 Å². The van der Waals surface area contributed by atoms with Crippen molar-refractivity contribution in [2.75, 3.05) is 34.3 Å². The molecule has 2 aromatic carbocycles. The molecule has 3 amide bonds. The largest absolute Gasteiger partial charge is 0.497 e. The van der Waals surface area contributed by atoms with Gasteiger partial charge < -0.3 is 25.0 Å². The topological polar surface area (TPSA) is 123 Å². The molecule has 1 unspecified atom stereocenters. The van der Waals surface area contributed by atoms with Gasteiger partial charge in [0, 0.05) is 26.6 Å². The van der Waals surface area contributed by atoms with Crippen molar-refractivity contribution in [3.63, 3.8) is 0 Å². The lowest BCUT2D eigenvalue weighted by Gasteiger charge is -2.53. The Balaban J connectivity index is 0.000000353. The van der Waals surface area contributed by atoms with Gasteiger partial charge in [-0.25, -0.2) is 9.40 Å². The molecule has 210 valence electrons. The van der Waals surface area contributed by atoms with E-state index >= 15 is 0 Å². The molecule has 39 heavy (non-hydrogen) atoms. The van der Waals surface area contributed by atoms with Crippen LogP contribution in [0.5, 0.6) is 5.75 Å². The van der Waals surface area contributed by atoms with Crippen LogP contribution in [0.2, 0.25) is 0 Å². The molecule has 2 aromatic rings. The lowest BCUT2D eigenvalue weighted by Crippen LogP contribution is -2.73. The Hall–Kier alpha value is -4.03. The van der Waals surface area contributed by atoms with Gasteiger partial charge in [0.25, 0.3) is 0 Å². The zero-order valence-corrected chi connectivity index (χ0v) is 22.2. The number of piperazine rings is 1. The van der Waals surface area contributed by atoms with Gasteiger partial charge in [0.2, 0.25) is 18.2 Å². The van der Waals surface area contributed by atoms with E-state index in [1.54, 1.807) is 43.3 Å². The minimum absolute atomic E-state index is 0.00801. The van der Waals surface area contributed by atoms with Crippen molar-refractivity contribution in [1.82, 2.24) is 25.1 Å². The molecule has 2 saturated heterocycles. The number of ether oxygens (including phenoxy) is 1. The Morgan fingerprint density at radius 3 is 2.33 bits per heavy atom. The summed E-state index contributed by atoms with van der Waals surface area (Å²) in [5.74, 6) is -1.16. The standard InChI is InChI=1S/C19H24N4O6.C8H10FN/c1-20-11-17(25)23-15(7-8-18(26)27)19(28)21(10-16(23)22(20)12-24)9-13-3-5-14(29-2)6-4-13;1-10-6-7-2-4-8(9)5-3-7/h3-6,12,15-16H,7-11H2,1-2H3,(H,26,27);2-5,10H,6H2,1H3/t15?,16-;/m1./s1. The molecule has 11 nitrogen and oxygen atoms in total. The number of hydrogen-bond donors (Lipinski definition) is 2. The smallest absolute Gasteiger partial charge is 0.303 e. The molecule has 0 bridgehead atoms. The third-order valence-corrected chi connectivity index (χ3v) is 6.56. The third-order valence-electron chi connectivity index (χ3n) is 6.56. The average molecular weight is 544 g/mol. The zero-order valence-electron chi connectivity index (χ0n) is 22.2. The van der Waals surface area contributed by atoms with E-state index in [4.69, 9.17) is 9.84 Å². The number of benzene rings is 2. The van der Waals surface area contributed by atoms with Gasteiger partial charge in [-0.05, 0) is 48.9 Å². The number of carboxylic acids is 1. The van der Waals surface area contributed by atoms with E-state index in [1.165, 1.54) is 27.1 Å². The molecule has 0 radical (unpaired) electrons. The molecular formula is C27H34FN5O6.